The lowest BCUT2D eigenvalue weighted by molar-refractivity contribution is -0.141. The average molecular weight is 249 g/mol. The highest BCUT2D eigenvalue weighted by Gasteiger charge is 2.19. The summed E-state index contributed by atoms with van der Waals surface area (Å²) in [6.45, 7) is 7.18. The zero-order valence-corrected chi connectivity index (χ0v) is 11.7. The molecule has 1 atom stereocenters. The van der Waals surface area contributed by atoms with Crippen molar-refractivity contribution in [2.45, 2.75) is 39.7 Å². The molecule has 0 spiro atoms. The Balaban J connectivity index is 2.97. The SMILES string of the molecule is CCCNC(CC(=O)OC)c1c(C)cccc1C. The molecule has 0 radical (unpaired) electrons. The zero-order chi connectivity index (χ0) is 13.5. The fourth-order valence-electron chi connectivity index (χ4n) is 2.22. The molecule has 0 heterocycles. The molecule has 0 aromatic heterocycles. The first-order valence-electron chi connectivity index (χ1n) is 6.46. The number of methoxy groups -OCH3 is 1. The highest BCUT2D eigenvalue weighted by atomic mass is 16.5. The Kier molecular flexibility index (Phi) is 5.86. The number of ether oxygens (including phenoxy) is 1. The van der Waals surface area contributed by atoms with E-state index in [-0.39, 0.29) is 12.0 Å². The van der Waals surface area contributed by atoms with Crippen LogP contribution in [0.1, 0.15) is 42.5 Å². The molecule has 3 nitrogen and oxygen atoms in total. The first kappa shape index (κ1) is 14.7. The molecule has 0 saturated heterocycles. The van der Waals surface area contributed by atoms with Crippen molar-refractivity contribution < 1.29 is 9.53 Å². The highest BCUT2D eigenvalue weighted by molar-refractivity contribution is 5.70. The van der Waals surface area contributed by atoms with E-state index >= 15 is 0 Å². The summed E-state index contributed by atoms with van der Waals surface area (Å²) in [7, 11) is 1.43. The zero-order valence-electron chi connectivity index (χ0n) is 11.7. The van der Waals surface area contributed by atoms with Crippen LogP contribution in [0.5, 0.6) is 0 Å². The summed E-state index contributed by atoms with van der Waals surface area (Å²) in [6.07, 6.45) is 1.42. The molecule has 1 rings (SSSR count). The third kappa shape index (κ3) is 3.84. The molecule has 0 amide bonds. The number of benzene rings is 1. The van der Waals surface area contributed by atoms with Gasteiger partial charge in [-0.25, -0.2) is 0 Å². The number of carbonyl (C=O) groups excluding carboxylic acids is 1. The number of nitrogens with one attached hydrogen (secondary N) is 1. The third-order valence-corrected chi connectivity index (χ3v) is 3.13. The number of aryl methyl sites for hydroxylation is 2. The summed E-state index contributed by atoms with van der Waals surface area (Å²) < 4.78 is 4.78. The molecule has 0 aliphatic carbocycles. The summed E-state index contributed by atoms with van der Waals surface area (Å²) in [5, 5.41) is 3.43. The van der Waals surface area contributed by atoms with Gasteiger partial charge in [-0.05, 0) is 43.5 Å². The van der Waals surface area contributed by atoms with Gasteiger partial charge in [0.2, 0.25) is 0 Å². The topological polar surface area (TPSA) is 38.3 Å². The van der Waals surface area contributed by atoms with Gasteiger partial charge in [0, 0.05) is 6.04 Å². The van der Waals surface area contributed by atoms with Crippen molar-refractivity contribution in [3.05, 3.63) is 34.9 Å². The molecule has 0 saturated carbocycles. The molecule has 0 fully saturated rings. The minimum atomic E-state index is -0.175. The minimum Gasteiger partial charge on any atom is -0.469 e. The molecule has 1 aromatic carbocycles. The average Bonchev–Trinajstić information content (AvgIpc) is 2.35. The number of hydrogen-bond donors (Lipinski definition) is 1. The molecule has 0 bridgehead atoms. The molecule has 100 valence electrons. The van der Waals surface area contributed by atoms with Gasteiger partial charge in [-0.15, -0.1) is 0 Å². The molecule has 1 unspecified atom stereocenters. The van der Waals surface area contributed by atoms with Crippen LogP contribution >= 0.6 is 0 Å². The number of esters is 1. The Morgan fingerprint density at radius 1 is 1.33 bits per heavy atom. The van der Waals surface area contributed by atoms with Crippen LogP contribution in [-0.2, 0) is 9.53 Å². The normalized spacial score (nSPS) is 12.2. The van der Waals surface area contributed by atoms with Crippen LogP contribution < -0.4 is 5.32 Å². The summed E-state index contributed by atoms with van der Waals surface area (Å²) in [5.41, 5.74) is 3.65. The first-order valence-corrected chi connectivity index (χ1v) is 6.46. The molecule has 18 heavy (non-hydrogen) atoms. The maximum atomic E-state index is 11.5. The fraction of sp³-hybridized carbons (Fsp3) is 0.533. The summed E-state index contributed by atoms with van der Waals surface area (Å²) in [4.78, 5) is 11.5. The van der Waals surface area contributed by atoms with Crippen molar-refractivity contribution >= 4 is 5.97 Å². The Hall–Kier alpha value is -1.35. The molecule has 3 heteroatoms. The van der Waals surface area contributed by atoms with E-state index in [2.05, 4.69) is 38.2 Å². The van der Waals surface area contributed by atoms with Crippen molar-refractivity contribution in [3.8, 4) is 0 Å². The second-order valence-electron chi connectivity index (χ2n) is 4.59. The van der Waals surface area contributed by atoms with E-state index in [0.717, 1.165) is 13.0 Å². The summed E-state index contributed by atoms with van der Waals surface area (Å²) in [5.74, 6) is -0.175. The standard InChI is InChI=1S/C15H23NO2/c1-5-9-16-13(10-14(17)18-4)15-11(2)7-6-8-12(15)3/h6-8,13,16H,5,9-10H2,1-4H3. The predicted octanol–water partition coefficient (Wildman–Crippen LogP) is 2.91. The Morgan fingerprint density at radius 3 is 2.44 bits per heavy atom. The van der Waals surface area contributed by atoms with Gasteiger partial charge in [0.15, 0.2) is 0 Å². The molecule has 0 aliphatic heterocycles. The molecular formula is C15H23NO2. The lowest BCUT2D eigenvalue weighted by atomic mass is 9.94. The molecular weight excluding hydrogens is 226 g/mol. The first-order chi connectivity index (χ1) is 8.60. The van der Waals surface area contributed by atoms with E-state index in [1.807, 2.05) is 6.07 Å². The van der Waals surface area contributed by atoms with Crippen LogP contribution in [-0.4, -0.2) is 19.6 Å². The summed E-state index contributed by atoms with van der Waals surface area (Å²) >= 11 is 0. The third-order valence-electron chi connectivity index (χ3n) is 3.13. The van der Waals surface area contributed by atoms with Crippen LogP contribution in [0.3, 0.4) is 0 Å². The number of rotatable bonds is 6. The highest BCUT2D eigenvalue weighted by Crippen LogP contribution is 2.24. The second kappa shape index (κ2) is 7.17. The van der Waals surface area contributed by atoms with Gasteiger partial charge >= 0.3 is 5.97 Å². The van der Waals surface area contributed by atoms with Crippen LogP contribution in [0, 0.1) is 13.8 Å². The van der Waals surface area contributed by atoms with Crippen molar-refractivity contribution in [1.82, 2.24) is 5.32 Å². The van der Waals surface area contributed by atoms with Crippen molar-refractivity contribution in [1.29, 1.82) is 0 Å². The van der Waals surface area contributed by atoms with E-state index in [1.165, 1.54) is 23.8 Å². The van der Waals surface area contributed by atoms with Crippen molar-refractivity contribution in [2.24, 2.45) is 0 Å². The quantitative estimate of drug-likeness (QED) is 0.788. The van der Waals surface area contributed by atoms with Crippen LogP contribution in [0.2, 0.25) is 0 Å². The fourth-order valence-corrected chi connectivity index (χ4v) is 2.22. The van der Waals surface area contributed by atoms with Gasteiger partial charge in [-0.1, -0.05) is 25.1 Å². The van der Waals surface area contributed by atoms with E-state index < -0.39 is 0 Å². The lowest BCUT2D eigenvalue weighted by Gasteiger charge is -2.22. The van der Waals surface area contributed by atoms with Gasteiger partial charge in [-0.2, -0.15) is 0 Å². The van der Waals surface area contributed by atoms with Gasteiger partial charge in [-0.3, -0.25) is 4.79 Å². The van der Waals surface area contributed by atoms with Crippen LogP contribution in [0.25, 0.3) is 0 Å². The second-order valence-corrected chi connectivity index (χ2v) is 4.59. The molecule has 1 aromatic rings. The smallest absolute Gasteiger partial charge is 0.307 e. The van der Waals surface area contributed by atoms with Gasteiger partial charge in [0.1, 0.15) is 0 Å². The monoisotopic (exact) mass is 249 g/mol. The van der Waals surface area contributed by atoms with Crippen LogP contribution in [0.15, 0.2) is 18.2 Å². The van der Waals surface area contributed by atoms with Crippen molar-refractivity contribution in [2.75, 3.05) is 13.7 Å². The van der Waals surface area contributed by atoms with Gasteiger partial charge < -0.3 is 10.1 Å². The number of hydrogen-bond acceptors (Lipinski definition) is 3. The van der Waals surface area contributed by atoms with Crippen LogP contribution in [0.4, 0.5) is 0 Å². The predicted molar refractivity (Wildman–Crippen MR) is 73.6 cm³/mol. The maximum Gasteiger partial charge on any atom is 0.307 e. The Morgan fingerprint density at radius 2 is 1.94 bits per heavy atom. The van der Waals surface area contributed by atoms with E-state index in [9.17, 15) is 4.79 Å². The van der Waals surface area contributed by atoms with Gasteiger partial charge in [0.25, 0.3) is 0 Å². The van der Waals surface area contributed by atoms with E-state index in [0.29, 0.717) is 6.42 Å². The number of carbonyl (C=O) groups is 1. The van der Waals surface area contributed by atoms with E-state index in [4.69, 9.17) is 4.74 Å². The maximum absolute atomic E-state index is 11.5. The molecule has 0 aliphatic rings. The van der Waals surface area contributed by atoms with E-state index in [1.54, 1.807) is 0 Å². The Labute approximate surface area is 110 Å². The van der Waals surface area contributed by atoms with Gasteiger partial charge in [0.05, 0.1) is 13.5 Å². The Bertz CT molecular complexity index is 381. The largest absolute Gasteiger partial charge is 0.469 e. The minimum absolute atomic E-state index is 0.0404. The molecule has 1 N–H and O–H groups in total. The lowest BCUT2D eigenvalue weighted by Crippen LogP contribution is -2.26. The van der Waals surface area contributed by atoms with Crippen molar-refractivity contribution in [3.63, 3.8) is 0 Å². The summed E-state index contributed by atoms with van der Waals surface area (Å²) in [6, 6.07) is 6.25.